The van der Waals surface area contributed by atoms with Crippen molar-refractivity contribution >= 4 is 16.9 Å². The van der Waals surface area contributed by atoms with Gasteiger partial charge in [-0.1, -0.05) is 18.7 Å². The maximum Gasteiger partial charge on any atom is 0.192 e. The lowest BCUT2D eigenvalue weighted by Gasteiger charge is -2.11. The van der Waals surface area contributed by atoms with E-state index in [-0.39, 0.29) is 11.2 Å². The Bertz CT molecular complexity index is 319. The second-order valence-electron chi connectivity index (χ2n) is 3.18. The minimum absolute atomic E-state index is 0.137. The topological polar surface area (TPSA) is 39.4 Å². The van der Waals surface area contributed by atoms with E-state index < -0.39 is 0 Å². The summed E-state index contributed by atoms with van der Waals surface area (Å²) in [6, 6.07) is 3.73. The van der Waals surface area contributed by atoms with E-state index in [0.717, 1.165) is 17.3 Å². The third-order valence-corrected chi connectivity index (χ3v) is 2.80. The zero-order valence-corrected chi connectivity index (χ0v) is 10.1. The standard InChI is InChI=1S/C11H16O3S/c1-4-15-11(12)7-10(13-3)9-6-5-8(2)14-9/h5-6,10H,4,7H2,1-3H3. The summed E-state index contributed by atoms with van der Waals surface area (Å²) in [6.07, 6.45) is 0.104. The van der Waals surface area contributed by atoms with Crippen LogP contribution in [0.4, 0.5) is 0 Å². The van der Waals surface area contributed by atoms with E-state index >= 15 is 0 Å². The molecule has 4 heteroatoms. The van der Waals surface area contributed by atoms with E-state index in [9.17, 15) is 4.79 Å². The summed E-state index contributed by atoms with van der Waals surface area (Å²) in [4.78, 5) is 11.4. The molecule has 0 fully saturated rings. The molecule has 0 aliphatic heterocycles. The molecule has 0 spiro atoms. The maximum absolute atomic E-state index is 11.4. The third-order valence-electron chi connectivity index (χ3n) is 2.02. The summed E-state index contributed by atoms with van der Waals surface area (Å²) in [5, 5.41) is 0.137. The van der Waals surface area contributed by atoms with E-state index in [1.807, 2.05) is 26.0 Å². The van der Waals surface area contributed by atoms with Gasteiger partial charge in [-0.2, -0.15) is 0 Å². The molecule has 1 aromatic heterocycles. The lowest BCUT2D eigenvalue weighted by molar-refractivity contribution is -0.113. The van der Waals surface area contributed by atoms with Gasteiger partial charge in [-0.05, 0) is 24.8 Å². The molecule has 15 heavy (non-hydrogen) atoms. The highest BCUT2D eigenvalue weighted by Gasteiger charge is 2.18. The summed E-state index contributed by atoms with van der Waals surface area (Å²) >= 11 is 1.32. The number of methoxy groups -OCH3 is 1. The molecule has 3 nitrogen and oxygen atoms in total. The predicted molar refractivity (Wildman–Crippen MR) is 61.0 cm³/mol. The van der Waals surface area contributed by atoms with Gasteiger partial charge < -0.3 is 9.15 Å². The van der Waals surface area contributed by atoms with Gasteiger partial charge in [0.25, 0.3) is 0 Å². The molecule has 0 radical (unpaired) electrons. The molecule has 0 aliphatic carbocycles. The summed E-state index contributed by atoms with van der Waals surface area (Å²) in [5.74, 6) is 2.36. The fourth-order valence-corrected chi connectivity index (χ4v) is 1.89. The normalized spacial score (nSPS) is 12.7. The highest BCUT2D eigenvalue weighted by atomic mass is 32.2. The van der Waals surface area contributed by atoms with Gasteiger partial charge in [-0.15, -0.1) is 0 Å². The average Bonchev–Trinajstić information content (AvgIpc) is 2.61. The van der Waals surface area contributed by atoms with Crippen molar-refractivity contribution in [3.8, 4) is 0 Å². The second kappa shape index (κ2) is 5.98. The zero-order chi connectivity index (χ0) is 11.3. The lowest BCUT2D eigenvalue weighted by Crippen LogP contribution is -2.06. The lowest BCUT2D eigenvalue weighted by atomic mass is 10.2. The van der Waals surface area contributed by atoms with Crippen molar-refractivity contribution < 1.29 is 13.9 Å². The Morgan fingerprint density at radius 1 is 1.60 bits per heavy atom. The fourth-order valence-electron chi connectivity index (χ4n) is 1.30. The van der Waals surface area contributed by atoms with Crippen LogP contribution in [0.3, 0.4) is 0 Å². The summed E-state index contributed by atoms with van der Waals surface area (Å²) in [5.41, 5.74) is 0. The number of aryl methyl sites for hydroxylation is 1. The molecule has 1 aromatic rings. The molecule has 0 amide bonds. The van der Waals surface area contributed by atoms with Crippen LogP contribution in [0.2, 0.25) is 0 Å². The van der Waals surface area contributed by atoms with Crippen LogP contribution in [0, 0.1) is 6.92 Å². The van der Waals surface area contributed by atoms with Gasteiger partial charge in [0.15, 0.2) is 5.12 Å². The van der Waals surface area contributed by atoms with Crippen LogP contribution in [0.25, 0.3) is 0 Å². The number of rotatable bonds is 5. The van der Waals surface area contributed by atoms with Crippen LogP contribution >= 0.6 is 11.8 Å². The van der Waals surface area contributed by atoms with Gasteiger partial charge in [0.05, 0.1) is 6.42 Å². The molecule has 0 bridgehead atoms. The molecule has 1 atom stereocenters. The van der Waals surface area contributed by atoms with Gasteiger partial charge in [-0.25, -0.2) is 0 Å². The number of hydrogen-bond donors (Lipinski definition) is 0. The van der Waals surface area contributed by atoms with Crippen LogP contribution in [-0.4, -0.2) is 18.0 Å². The van der Waals surface area contributed by atoms with Crippen LogP contribution in [0.1, 0.15) is 31.0 Å². The smallest absolute Gasteiger partial charge is 0.192 e. The van der Waals surface area contributed by atoms with E-state index in [1.54, 1.807) is 7.11 Å². The summed E-state index contributed by atoms with van der Waals surface area (Å²) in [7, 11) is 1.59. The first kappa shape index (κ1) is 12.3. The average molecular weight is 228 g/mol. The molecule has 0 saturated heterocycles. The van der Waals surface area contributed by atoms with Crippen molar-refractivity contribution in [1.82, 2.24) is 0 Å². The Kier molecular flexibility index (Phi) is 4.91. The predicted octanol–water partition coefficient (Wildman–Crippen LogP) is 2.95. The van der Waals surface area contributed by atoms with Gasteiger partial charge in [0.1, 0.15) is 17.6 Å². The maximum atomic E-state index is 11.4. The quantitative estimate of drug-likeness (QED) is 0.776. The van der Waals surface area contributed by atoms with Crippen molar-refractivity contribution in [2.75, 3.05) is 12.9 Å². The highest BCUT2D eigenvalue weighted by Crippen LogP contribution is 2.24. The van der Waals surface area contributed by atoms with Crippen LogP contribution in [-0.2, 0) is 9.53 Å². The van der Waals surface area contributed by atoms with Gasteiger partial charge in [0, 0.05) is 7.11 Å². The minimum Gasteiger partial charge on any atom is -0.464 e. The molecule has 84 valence electrons. The minimum atomic E-state index is -0.259. The first-order valence-electron chi connectivity index (χ1n) is 4.92. The Morgan fingerprint density at radius 3 is 2.80 bits per heavy atom. The molecule has 1 rings (SSSR count). The van der Waals surface area contributed by atoms with Crippen molar-refractivity contribution in [1.29, 1.82) is 0 Å². The number of furan rings is 1. The van der Waals surface area contributed by atoms with Gasteiger partial charge in [-0.3, -0.25) is 4.79 Å². The summed E-state index contributed by atoms with van der Waals surface area (Å²) < 4.78 is 10.7. The molecule has 0 N–H and O–H groups in total. The Labute approximate surface area is 94.2 Å². The zero-order valence-electron chi connectivity index (χ0n) is 9.28. The molecule has 1 unspecified atom stereocenters. The summed E-state index contributed by atoms with van der Waals surface area (Å²) in [6.45, 7) is 3.83. The van der Waals surface area contributed by atoms with Crippen molar-refractivity contribution in [3.05, 3.63) is 23.7 Å². The SMILES string of the molecule is CCSC(=O)CC(OC)c1ccc(C)o1. The number of carbonyl (C=O) groups is 1. The highest BCUT2D eigenvalue weighted by molar-refractivity contribution is 8.13. The molecule has 0 aromatic carbocycles. The monoisotopic (exact) mass is 228 g/mol. The first-order valence-corrected chi connectivity index (χ1v) is 5.90. The molecular formula is C11H16O3S. The Balaban J connectivity index is 2.60. The van der Waals surface area contributed by atoms with Crippen LogP contribution < -0.4 is 0 Å². The second-order valence-corrected chi connectivity index (χ2v) is 4.50. The molecule has 0 aliphatic rings. The van der Waals surface area contributed by atoms with Gasteiger partial charge in [0.2, 0.25) is 0 Å². The largest absolute Gasteiger partial charge is 0.464 e. The number of hydrogen-bond acceptors (Lipinski definition) is 4. The van der Waals surface area contributed by atoms with Crippen molar-refractivity contribution in [3.63, 3.8) is 0 Å². The molecule has 1 heterocycles. The Morgan fingerprint density at radius 2 is 2.33 bits per heavy atom. The molecular weight excluding hydrogens is 212 g/mol. The number of thioether (sulfide) groups is 1. The van der Waals surface area contributed by atoms with E-state index in [2.05, 4.69) is 0 Å². The fraction of sp³-hybridized carbons (Fsp3) is 0.545. The molecule has 0 saturated carbocycles. The van der Waals surface area contributed by atoms with E-state index in [4.69, 9.17) is 9.15 Å². The van der Waals surface area contributed by atoms with E-state index in [0.29, 0.717) is 6.42 Å². The van der Waals surface area contributed by atoms with E-state index in [1.165, 1.54) is 11.8 Å². The third kappa shape index (κ3) is 3.72. The van der Waals surface area contributed by atoms with Crippen molar-refractivity contribution in [2.45, 2.75) is 26.4 Å². The first-order chi connectivity index (χ1) is 7.17. The van der Waals surface area contributed by atoms with Crippen LogP contribution in [0.15, 0.2) is 16.5 Å². The number of ether oxygens (including phenoxy) is 1. The Hall–Kier alpha value is -0.740. The van der Waals surface area contributed by atoms with Crippen molar-refractivity contribution in [2.24, 2.45) is 0 Å². The van der Waals surface area contributed by atoms with Gasteiger partial charge >= 0.3 is 0 Å². The van der Waals surface area contributed by atoms with Crippen LogP contribution in [0.5, 0.6) is 0 Å². The number of carbonyl (C=O) groups excluding carboxylic acids is 1.